The first-order valence-corrected chi connectivity index (χ1v) is 11.7. The van der Waals surface area contributed by atoms with Crippen LogP contribution in [-0.4, -0.2) is 0 Å². The highest BCUT2D eigenvalue weighted by molar-refractivity contribution is 6.31. The molecule has 0 radical (unpaired) electrons. The minimum atomic E-state index is -0.892. The molecule has 0 amide bonds. The Kier molecular flexibility index (Phi) is 6.91. The summed E-state index contributed by atoms with van der Waals surface area (Å²) in [5.41, 5.74) is 1.58. The zero-order valence-electron chi connectivity index (χ0n) is 17.9. The van der Waals surface area contributed by atoms with Gasteiger partial charge in [0.25, 0.3) is 0 Å². The molecule has 164 valence electrons. The van der Waals surface area contributed by atoms with Crippen molar-refractivity contribution in [2.24, 2.45) is 5.92 Å². The monoisotopic (exact) mass is 444 g/mol. The van der Waals surface area contributed by atoms with Crippen molar-refractivity contribution in [3.63, 3.8) is 0 Å². The highest BCUT2D eigenvalue weighted by Gasteiger charge is 2.21. The molecule has 2 atom stereocenters. The van der Waals surface area contributed by atoms with Crippen molar-refractivity contribution in [1.82, 2.24) is 0 Å². The standard InChI is InChI=1S/C27H28ClF3/c1-2-3-5-17-6-4-7-18(9-8-17)19-10-12-22-20(14-19)11-13-23(27(22)31)21-15-24(29)26(28)25(30)16-21/h10-18H,2-9H2,1H3/t17-,18-/m0/s1. The minimum Gasteiger partial charge on any atom is -0.206 e. The molecule has 0 N–H and O–H groups in total. The van der Waals surface area contributed by atoms with E-state index in [1.807, 2.05) is 18.2 Å². The van der Waals surface area contributed by atoms with Crippen LogP contribution in [0.15, 0.2) is 42.5 Å². The fourth-order valence-corrected chi connectivity index (χ4v) is 5.10. The second kappa shape index (κ2) is 9.65. The van der Waals surface area contributed by atoms with Gasteiger partial charge in [0.15, 0.2) is 0 Å². The Morgan fingerprint density at radius 2 is 1.68 bits per heavy atom. The fourth-order valence-electron chi connectivity index (χ4n) is 4.99. The lowest BCUT2D eigenvalue weighted by Crippen LogP contribution is -2.00. The lowest BCUT2D eigenvalue weighted by Gasteiger charge is -2.17. The van der Waals surface area contributed by atoms with Gasteiger partial charge in [-0.2, -0.15) is 0 Å². The molecule has 0 aliphatic heterocycles. The van der Waals surface area contributed by atoms with Gasteiger partial charge in [-0.1, -0.05) is 81.0 Å². The van der Waals surface area contributed by atoms with Gasteiger partial charge in [-0.3, -0.25) is 0 Å². The van der Waals surface area contributed by atoms with Crippen molar-refractivity contribution in [1.29, 1.82) is 0 Å². The summed E-state index contributed by atoms with van der Waals surface area (Å²) in [7, 11) is 0. The maximum absolute atomic E-state index is 15.2. The lowest BCUT2D eigenvalue weighted by atomic mass is 9.88. The Hall–Kier alpha value is -2.00. The Labute approximate surface area is 187 Å². The van der Waals surface area contributed by atoms with Gasteiger partial charge in [-0.15, -0.1) is 0 Å². The maximum atomic E-state index is 15.2. The van der Waals surface area contributed by atoms with Gasteiger partial charge < -0.3 is 0 Å². The van der Waals surface area contributed by atoms with Crippen molar-refractivity contribution in [3.8, 4) is 11.1 Å². The van der Waals surface area contributed by atoms with Crippen molar-refractivity contribution < 1.29 is 13.2 Å². The van der Waals surface area contributed by atoms with E-state index in [-0.39, 0.29) is 11.1 Å². The second-order valence-electron chi connectivity index (χ2n) is 8.87. The van der Waals surface area contributed by atoms with E-state index in [4.69, 9.17) is 11.6 Å². The highest BCUT2D eigenvalue weighted by Crippen LogP contribution is 2.38. The topological polar surface area (TPSA) is 0 Å². The number of halogens is 4. The molecule has 0 nitrogen and oxygen atoms in total. The van der Waals surface area contributed by atoms with E-state index >= 15 is 4.39 Å². The fraction of sp³-hybridized carbons (Fsp3) is 0.407. The smallest absolute Gasteiger partial charge is 0.145 e. The van der Waals surface area contributed by atoms with Gasteiger partial charge in [-0.05, 0) is 59.7 Å². The highest BCUT2D eigenvalue weighted by atomic mass is 35.5. The third kappa shape index (κ3) is 4.77. The molecule has 1 fully saturated rings. The summed E-state index contributed by atoms with van der Waals surface area (Å²) in [4.78, 5) is 0. The van der Waals surface area contributed by atoms with Gasteiger partial charge in [0.05, 0.1) is 0 Å². The van der Waals surface area contributed by atoms with Gasteiger partial charge in [-0.25, -0.2) is 13.2 Å². The summed E-state index contributed by atoms with van der Waals surface area (Å²) in [6.45, 7) is 2.25. The second-order valence-corrected chi connectivity index (χ2v) is 9.25. The first-order chi connectivity index (χ1) is 15.0. The number of hydrogen-bond acceptors (Lipinski definition) is 0. The summed E-state index contributed by atoms with van der Waals surface area (Å²) >= 11 is 5.56. The third-order valence-corrected chi connectivity index (χ3v) is 7.16. The maximum Gasteiger partial charge on any atom is 0.145 e. The zero-order chi connectivity index (χ0) is 22.0. The first kappa shape index (κ1) is 22.2. The quantitative estimate of drug-likeness (QED) is 0.271. The van der Waals surface area contributed by atoms with Gasteiger partial charge >= 0.3 is 0 Å². The molecule has 0 bridgehead atoms. The van der Waals surface area contributed by atoms with E-state index in [9.17, 15) is 8.78 Å². The summed E-state index contributed by atoms with van der Waals surface area (Å²) in [6, 6.07) is 11.5. The molecule has 31 heavy (non-hydrogen) atoms. The number of unbranched alkanes of at least 4 members (excludes halogenated alkanes) is 1. The minimum absolute atomic E-state index is 0.143. The molecule has 1 saturated carbocycles. The Bertz CT molecular complexity index is 1050. The van der Waals surface area contributed by atoms with E-state index in [0.717, 1.165) is 23.4 Å². The van der Waals surface area contributed by atoms with Crippen LogP contribution in [0.3, 0.4) is 0 Å². The number of hydrogen-bond donors (Lipinski definition) is 0. The molecule has 3 aromatic rings. The average molecular weight is 445 g/mol. The Morgan fingerprint density at radius 1 is 0.903 bits per heavy atom. The summed E-state index contributed by atoms with van der Waals surface area (Å²) in [5.74, 6) is -0.899. The largest absolute Gasteiger partial charge is 0.206 e. The third-order valence-electron chi connectivity index (χ3n) is 6.80. The van der Waals surface area contributed by atoms with E-state index in [1.165, 1.54) is 56.9 Å². The van der Waals surface area contributed by atoms with Gasteiger partial charge in [0.2, 0.25) is 0 Å². The predicted octanol–water partition coefficient (Wildman–Crippen LogP) is 9.43. The van der Waals surface area contributed by atoms with Crippen LogP contribution in [0.25, 0.3) is 21.9 Å². The molecule has 4 rings (SSSR count). The molecular weight excluding hydrogens is 417 g/mol. The normalized spacial score (nSPS) is 19.5. The van der Waals surface area contributed by atoms with Crippen LogP contribution in [0.1, 0.15) is 69.8 Å². The molecule has 1 aliphatic rings. The summed E-state index contributed by atoms with van der Waals surface area (Å²) < 4.78 is 43.0. The van der Waals surface area contributed by atoms with Crippen LogP contribution >= 0.6 is 11.6 Å². The van der Waals surface area contributed by atoms with E-state index < -0.39 is 22.5 Å². The molecule has 3 aromatic carbocycles. The molecule has 1 aliphatic carbocycles. The van der Waals surface area contributed by atoms with E-state index in [2.05, 4.69) is 13.0 Å². The van der Waals surface area contributed by atoms with Crippen molar-refractivity contribution in [2.45, 2.75) is 64.2 Å². The van der Waals surface area contributed by atoms with E-state index in [1.54, 1.807) is 6.07 Å². The van der Waals surface area contributed by atoms with E-state index in [0.29, 0.717) is 11.3 Å². The molecule has 0 saturated heterocycles. The lowest BCUT2D eigenvalue weighted by molar-refractivity contribution is 0.411. The molecular formula is C27H28ClF3. The van der Waals surface area contributed by atoms with Crippen molar-refractivity contribution in [3.05, 3.63) is 70.5 Å². The summed E-state index contributed by atoms with van der Waals surface area (Å²) in [6.07, 6.45) is 10.1. The average Bonchev–Trinajstić information content (AvgIpc) is 3.01. The molecule has 4 heteroatoms. The Balaban J connectivity index is 1.60. The van der Waals surface area contributed by atoms with Gasteiger partial charge in [0, 0.05) is 10.9 Å². The Morgan fingerprint density at radius 3 is 2.42 bits per heavy atom. The molecule has 0 spiro atoms. The van der Waals surface area contributed by atoms with Crippen LogP contribution in [0.5, 0.6) is 0 Å². The van der Waals surface area contributed by atoms with Crippen LogP contribution in [0.2, 0.25) is 5.02 Å². The van der Waals surface area contributed by atoms with Gasteiger partial charge in [0.1, 0.15) is 22.5 Å². The van der Waals surface area contributed by atoms with Crippen LogP contribution in [0, 0.1) is 23.4 Å². The molecule has 0 heterocycles. The van der Waals surface area contributed by atoms with Crippen LogP contribution in [0.4, 0.5) is 13.2 Å². The number of rotatable bonds is 5. The number of benzene rings is 3. The van der Waals surface area contributed by atoms with Crippen LogP contribution < -0.4 is 0 Å². The predicted molar refractivity (Wildman–Crippen MR) is 123 cm³/mol. The first-order valence-electron chi connectivity index (χ1n) is 11.3. The van der Waals surface area contributed by atoms with Crippen molar-refractivity contribution in [2.75, 3.05) is 0 Å². The zero-order valence-corrected chi connectivity index (χ0v) is 18.6. The molecule has 0 aromatic heterocycles. The molecule has 0 unspecified atom stereocenters. The SMILES string of the molecule is CCCC[C@H]1CCC[C@H](c2ccc3c(F)c(-c4cc(F)c(Cl)c(F)c4)ccc3c2)CC1. The van der Waals surface area contributed by atoms with Crippen molar-refractivity contribution >= 4 is 22.4 Å². The number of fused-ring (bicyclic) bond motifs is 1. The summed E-state index contributed by atoms with van der Waals surface area (Å²) in [5, 5.41) is 0.710. The van der Waals surface area contributed by atoms with Crippen LogP contribution in [-0.2, 0) is 0 Å².